The van der Waals surface area contributed by atoms with Crippen LogP contribution >= 0.6 is 7.82 Å². The Labute approximate surface area is 314 Å². The number of nitrogen functional groups attached to an aromatic ring is 1. The number of aliphatic hydroxyl groups excluding tert-OH is 2. The van der Waals surface area contributed by atoms with E-state index in [1.165, 1.54) is 100 Å². The molecule has 0 aliphatic carbocycles. The zero-order valence-electron chi connectivity index (χ0n) is 31.3. The molecule has 1 aliphatic rings. The molecule has 1 unspecified atom stereocenters. The van der Waals surface area contributed by atoms with Gasteiger partial charge >= 0.3 is 7.82 Å². The minimum absolute atomic E-state index is 0.00105. The smallest absolute Gasteiger partial charge is 0.472 e. The number of para-hydroxylation sites is 1. The summed E-state index contributed by atoms with van der Waals surface area (Å²) in [6.07, 6.45) is 16.3. The predicted octanol–water partition coefficient (Wildman–Crippen LogP) is 6.40. The summed E-state index contributed by atoms with van der Waals surface area (Å²) < 4.78 is 42.7. The van der Waals surface area contributed by atoms with Crippen LogP contribution in [0.15, 0.2) is 48.8 Å². The molecule has 1 fully saturated rings. The fourth-order valence-corrected chi connectivity index (χ4v) is 7.50. The van der Waals surface area contributed by atoms with Crippen LogP contribution in [0.4, 0.5) is 5.82 Å². The van der Waals surface area contributed by atoms with Crippen LogP contribution < -0.4 is 16.2 Å². The van der Waals surface area contributed by atoms with Gasteiger partial charge in [-0.2, -0.15) is 5.10 Å². The Balaban J connectivity index is 1.15. The topological polar surface area (TPSA) is 206 Å². The molecule has 0 amide bonds. The first kappa shape index (κ1) is 43.1. The number of benzene rings is 1. The minimum Gasteiger partial charge on any atom is -0.491 e. The second kappa shape index (κ2) is 22.7. The molecule has 0 radical (unpaired) electrons. The van der Waals surface area contributed by atoms with E-state index < -0.39 is 44.6 Å². The normalized spacial score (nSPS) is 21.9. The SMILES string of the molecule is CCCCCCCCCCCCCCCCCCOC[C@H](COc1ccccc1)OP(=O)(O)OC[C@H]1O[C@@](N)(c2ccc3c(N)ncnn23)[C@H](O)[C@@H]1O. The summed E-state index contributed by atoms with van der Waals surface area (Å²) >= 11 is 0. The molecule has 3 aromatic rings. The molecular formula is C38H62N5O9P. The van der Waals surface area contributed by atoms with E-state index in [-0.39, 0.29) is 24.7 Å². The Morgan fingerprint density at radius 3 is 2.11 bits per heavy atom. The Bertz CT molecular complexity index is 1500. The number of anilines is 1. The van der Waals surface area contributed by atoms with Crippen molar-refractivity contribution in [3.63, 3.8) is 0 Å². The van der Waals surface area contributed by atoms with E-state index in [0.717, 1.165) is 19.3 Å². The highest BCUT2D eigenvalue weighted by Crippen LogP contribution is 2.46. The number of phosphoric acid groups is 1. The van der Waals surface area contributed by atoms with Gasteiger partial charge in [0, 0.05) is 6.61 Å². The third-order valence-corrected chi connectivity index (χ3v) is 10.7. The Morgan fingerprint density at radius 2 is 1.49 bits per heavy atom. The van der Waals surface area contributed by atoms with Crippen LogP contribution in [0.1, 0.15) is 115 Å². The lowest BCUT2D eigenvalue weighted by Gasteiger charge is -2.27. The maximum atomic E-state index is 13.1. The highest BCUT2D eigenvalue weighted by molar-refractivity contribution is 7.47. The van der Waals surface area contributed by atoms with E-state index in [9.17, 15) is 19.7 Å². The summed E-state index contributed by atoms with van der Waals surface area (Å²) in [6, 6.07) is 12.2. The maximum Gasteiger partial charge on any atom is 0.472 e. The van der Waals surface area contributed by atoms with Crippen molar-refractivity contribution in [1.29, 1.82) is 0 Å². The lowest BCUT2D eigenvalue weighted by molar-refractivity contribution is -0.0982. The van der Waals surface area contributed by atoms with Crippen molar-refractivity contribution in [3.8, 4) is 5.75 Å². The van der Waals surface area contributed by atoms with Gasteiger partial charge in [-0.3, -0.25) is 14.8 Å². The standard InChI is InChI=1S/C38H62N5O9P/c1-2-3-4-5-6-7-8-9-10-11-12-13-14-15-16-20-25-48-26-31(27-49-30-21-18-17-19-22-30)52-53(46,47)50-28-33-35(44)36(45)38(40,51-33)34-24-23-32-37(39)41-29-42-43(32)34/h17-19,21-24,29,31,33,35-36,44-45H,2-16,20,25-28,40H2,1H3,(H,46,47)(H2,39,41,42)/t31-,33-,35-,36-,38+/m1/s1. The Kier molecular flexibility index (Phi) is 18.4. The summed E-state index contributed by atoms with van der Waals surface area (Å²) in [5.74, 6) is 0.745. The van der Waals surface area contributed by atoms with Crippen LogP contribution in [0.2, 0.25) is 0 Å². The number of phosphoric ester groups is 1. The van der Waals surface area contributed by atoms with Crippen LogP contribution in [0, 0.1) is 0 Å². The van der Waals surface area contributed by atoms with E-state index in [1.54, 1.807) is 18.2 Å². The van der Waals surface area contributed by atoms with Gasteiger partial charge in [0.25, 0.3) is 0 Å². The quantitative estimate of drug-likeness (QED) is 0.0401. The van der Waals surface area contributed by atoms with Gasteiger partial charge in [-0.15, -0.1) is 0 Å². The van der Waals surface area contributed by atoms with Gasteiger partial charge in [-0.1, -0.05) is 121 Å². The van der Waals surface area contributed by atoms with E-state index >= 15 is 0 Å². The molecule has 0 saturated carbocycles. The monoisotopic (exact) mass is 763 g/mol. The van der Waals surface area contributed by atoms with Gasteiger partial charge in [0.15, 0.2) is 11.5 Å². The molecule has 1 aromatic carbocycles. The number of ether oxygens (including phenoxy) is 3. The first-order valence-electron chi connectivity index (χ1n) is 19.5. The molecule has 7 N–H and O–H groups in total. The number of fused-ring (bicyclic) bond motifs is 1. The molecule has 4 rings (SSSR count). The van der Waals surface area contributed by atoms with Crippen LogP contribution in [-0.2, 0) is 28.8 Å². The van der Waals surface area contributed by atoms with Crippen molar-refractivity contribution in [2.75, 3.05) is 32.2 Å². The summed E-state index contributed by atoms with van der Waals surface area (Å²) in [4.78, 5) is 14.6. The lowest BCUT2D eigenvalue weighted by Crippen LogP contribution is -2.49. The number of rotatable bonds is 28. The summed E-state index contributed by atoms with van der Waals surface area (Å²) in [7, 11) is -4.73. The van der Waals surface area contributed by atoms with Gasteiger partial charge < -0.3 is 35.1 Å². The van der Waals surface area contributed by atoms with Gasteiger partial charge in [0.05, 0.1) is 18.9 Å². The van der Waals surface area contributed by atoms with Crippen LogP contribution in [0.25, 0.3) is 5.52 Å². The van der Waals surface area contributed by atoms with Crippen molar-refractivity contribution in [1.82, 2.24) is 14.6 Å². The van der Waals surface area contributed by atoms with Gasteiger partial charge in [0.2, 0.25) is 0 Å². The van der Waals surface area contributed by atoms with Gasteiger partial charge in [-0.25, -0.2) is 14.1 Å². The number of nitrogens with two attached hydrogens (primary N) is 2. The van der Waals surface area contributed by atoms with E-state index in [2.05, 4.69) is 17.0 Å². The molecular weight excluding hydrogens is 701 g/mol. The highest BCUT2D eigenvalue weighted by atomic mass is 31.2. The minimum atomic E-state index is -4.73. The van der Waals surface area contributed by atoms with E-state index in [1.807, 2.05) is 18.2 Å². The Hall–Kier alpha value is -2.65. The van der Waals surface area contributed by atoms with Crippen LogP contribution in [0.5, 0.6) is 5.75 Å². The van der Waals surface area contributed by atoms with Crippen molar-refractivity contribution < 1.29 is 42.9 Å². The molecule has 15 heteroatoms. The second-order valence-electron chi connectivity index (χ2n) is 14.0. The summed E-state index contributed by atoms with van der Waals surface area (Å²) in [5, 5.41) is 25.8. The van der Waals surface area contributed by atoms with Crippen molar-refractivity contribution >= 4 is 19.2 Å². The second-order valence-corrected chi connectivity index (χ2v) is 15.4. The molecule has 53 heavy (non-hydrogen) atoms. The lowest BCUT2D eigenvalue weighted by atomic mass is 10.0. The van der Waals surface area contributed by atoms with E-state index in [4.69, 9.17) is 34.7 Å². The number of unbranched alkanes of at least 4 members (excludes halogenated alkanes) is 15. The summed E-state index contributed by atoms with van der Waals surface area (Å²) in [5.41, 5.74) is 11.0. The maximum absolute atomic E-state index is 13.1. The number of aromatic nitrogens is 3. The van der Waals surface area contributed by atoms with Crippen LogP contribution in [-0.4, -0.2) is 80.5 Å². The number of aliphatic hydroxyl groups is 2. The Morgan fingerprint density at radius 1 is 0.887 bits per heavy atom. The van der Waals surface area contributed by atoms with Crippen molar-refractivity contribution in [2.24, 2.45) is 5.73 Å². The average molecular weight is 764 g/mol. The van der Waals surface area contributed by atoms with Crippen molar-refractivity contribution in [2.45, 2.75) is 140 Å². The molecule has 14 nitrogen and oxygen atoms in total. The largest absolute Gasteiger partial charge is 0.491 e. The molecule has 2 aromatic heterocycles. The molecule has 1 aliphatic heterocycles. The number of hydrogen-bond acceptors (Lipinski definition) is 12. The van der Waals surface area contributed by atoms with Gasteiger partial charge in [0.1, 0.15) is 48.6 Å². The zero-order valence-corrected chi connectivity index (χ0v) is 32.2. The van der Waals surface area contributed by atoms with E-state index in [0.29, 0.717) is 17.9 Å². The number of nitrogens with zero attached hydrogens (tertiary/aromatic N) is 3. The molecule has 6 atom stereocenters. The summed E-state index contributed by atoms with van der Waals surface area (Å²) in [6.45, 7) is 2.05. The number of hydrogen-bond donors (Lipinski definition) is 5. The average Bonchev–Trinajstić information content (AvgIpc) is 3.69. The molecule has 0 spiro atoms. The molecule has 298 valence electrons. The first-order valence-corrected chi connectivity index (χ1v) is 21.0. The molecule has 3 heterocycles. The third kappa shape index (κ3) is 13.9. The molecule has 0 bridgehead atoms. The zero-order chi connectivity index (χ0) is 37.9. The van der Waals surface area contributed by atoms with Crippen LogP contribution in [0.3, 0.4) is 0 Å². The van der Waals surface area contributed by atoms with Crippen molar-refractivity contribution in [3.05, 3.63) is 54.5 Å². The fraction of sp³-hybridized carbons (Fsp3) is 0.684. The predicted molar refractivity (Wildman–Crippen MR) is 203 cm³/mol. The van der Waals surface area contributed by atoms with Gasteiger partial charge in [-0.05, 0) is 30.7 Å². The third-order valence-electron chi connectivity index (χ3n) is 9.68. The fourth-order valence-electron chi connectivity index (χ4n) is 6.61. The molecule has 1 saturated heterocycles. The first-order chi connectivity index (χ1) is 25.6. The highest BCUT2D eigenvalue weighted by Gasteiger charge is 2.55.